The molecule has 0 amide bonds. The number of rotatable bonds is 5. The predicted octanol–water partition coefficient (Wildman–Crippen LogP) is 2.23. The lowest BCUT2D eigenvalue weighted by molar-refractivity contribution is -0.143. The number of benzene rings is 1. The van der Waals surface area contributed by atoms with Gasteiger partial charge in [-0.2, -0.15) is 0 Å². The lowest BCUT2D eigenvalue weighted by Gasteiger charge is -2.07. The molecule has 0 heterocycles. The first-order valence-corrected chi connectivity index (χ1v) is 5.87. The van der Waals surface area contributed by atoms with Crippen molar-refractivity contribution in [3.8, 4) is 0 Å². The molecule has 1 rings (SSSR count). The fourth-order valence-electron chi connectivity index (χ4n) is 1.22. The summed E-state index contributed by atoms with van der Waals surface area (Å²) in [6.45, 7) is 2.19. The highest BCUT2D eigenvalue weighted by Gasteiger charge is 2.02. The number of anilines is 1. The van der Waals surface area contributed by atoms with Gasteiger partial charge in [0.2, 0.25) is 0 Å². The van der Waals surface area contributed by atoms with E-state index in [4.69, 9.17) is 10.6 Å². The summed E-state index contributed by atoms with van der Waals surface area (Å²) in [5, 5.41) is 0. The Bertz CT molecular complexity index is 369. The summed E-state index contributed by atoms with van der Waals surface area (Å²) < 4.78 is 5.89. The molecule has 16 heavy (non-hydrogen) atoms. The fraction of sp³-hybridized carbons (Fsp3) is 0.364. The number of halogens is 1. The summed E-state index contributed by atoms with van der Waals surface area (Å²) in [6, 6.07) is 5.77. The van der Waals surface area contributed by atoms with Crippen LogP contribution in [0.25, 0.3) is 0 Å². The molecule has 0 saturated heterocycles. The molecule has 0 fully saturated rings. The minimum absolute atomic E-state index is 0.167. The molecule has 0 aromatic heterocycles. The van der Waals surface area contributed by atoms with Crippen LogP contribution in [0.2, 0.25) is 0 Å². The zero-order chi connectivity index (χ0) is 12.0. The maximum atomic E-state index is 10.9. The summed E-state index contributed by atoms with van der Waals surface area (Å²) in [5.41, 5.74) is 4.49. The van der Waals surface area contributed by atoms with Crippen molar-refractivity contribution >= 4 is 27.6 Å². The van der Waals surface area contributed by atoms with E-state index in [0.717, 1.165) is 15.7 Å². The van der Waals surface area contributed by atoms with Crippen molar-refractivity contribution in [2.24, 2.45) is 5.84 Å². The van der Waals surface area contributed by atoms with Crippen LogP contribution in [-0.4, -0.2) is 12.6 Å². The van der Waals surface area contributed by atoms with Crippen LogP contribution in [0.15, 0.2) is 22.7 Å². The zero-order valence-corrected chi connectivity index (χ0v) is 10.7. The molecule has 88 valence electrons. The van der Waals surface area contributed by atoms with Crippen LogP contribution in [0.5, 0.6) is 0 Å². The largest absolute Gasteiger partial charge is 0.465 e. The highest BCUT2D eigenvalue weighted by molar-refractivity contribution is 9.10. The van der Waals surface area contributed by atoms with Gasteiger partial charge in [-0.15, -0.1) is 0 Å². The Morgan fingerprint density at radius 3 is 2.88 bits per heavy atom. The van der Waals surface area contributed by atoms with E-state index in [9.17, 15) is 4.79 Å². The fourth-order valence-corrected chi connectivity index (χ4v) is 1.76. The minimum Gasteiger partial charge on any atom is -0.465 e. The molecule has 0 bridgehead atoms. The average Bonchev–Trinajstić information content (AvgIpc) is 2.29. The second kappa shape index (κ2) is 6.50. The first-order chi connectivity index (χ1) is 7.67. The zero-order valence-electron chi connectivity index (χ0n) is 9.13. The van der Waals surface area contributed by atoms with E-state index in [-0.39, 0.29) is 5.97 Å². The van der Waals surface area contributed by atoms with Crippen molar-refractivity contribution in [1.29, 1.82) is 0 Å². The summed E-state index contributed by atoms with van der Waals surface area (Å²) in [7, 11) is 0. The van der Waals surface area contributed by atoms with Crippen molar-refractivity contribution in [3.63, 3.8) is 0 Å². The molecule has 1 aromatic rings. The monoisotopic (exact) mass is 286 g/mol. The molecule has 1 aromatic carbocycles. The van der Waals surface area contributed by atoms with Crippen LogP contribution in [-0.2, 0) is 16.0 Å². The van der Waals surface area contributed by atoms with E-state index < -0.39 is 0 Å². The van der Waals surface area contributed by atoms with Gasteiger partial charge in [-0.25, -0.2) is 0 Å². The molecule has 0 radical (unpaired) electrons. The van der Waals surface area contributed by atoms with Crippen LogP contribution in [0, 0.1) is 0 Å². The quantitative estimate of drug-likeness (QED) is 0.495. The van der Waals surface area contributed by atoms with Gasteiger partial charge in [-0.1, -0.05) is 13.0 Å². The first kappa shape index (κ1) is 13.0. The summed E-state index contributed by atoms with van der Waals surface area (Å²) in [4.78, 5) is 10.9. The van der Waals surface area contributed by atoms with Crippen LogP contribution in [0.1, 0.15) is 18.9 Å². The Labute approximate surface area is 103 Å². The maximum Gasteiger partial charge on any atom is 0.305 e. The third-order valence-corrected chi connectivity index (χ3v) is 2.79. The lowest BCUT2D eigenvalue weighted by Crippen LogP contribution is -2.08. The summed E-state index contributed by atoms with van der Waals surface area (Å²) >= 11 is 3.39. The minimum atomic E-state index is -0.167. The number of nitrogens with one attached hydrogen (secondary N) is 1. The van der Waals surface area contributed by atoms with Gasteiger partial charge in [-0.3, -0.25) is 10.6 Å². The van der Waals surface area contributed by atoms with Crippen molar-refractivity contribution in [3.05, 3.63) is 28.2 Å². The maximum absolute atomic E-state index is 10.9. The van der Waals surface area contributed by atoms with E-state index in [0.29, 0.717) is 19.4 Å². The second-order valence-corrected chi connectivity index (χ2v) is 4.14. The average molecular weight is 287 g/mol. The Kier molecular flexibility index (Phi) is 5.28. The van der Waals surface area contributed by atoms with Gasteiger partial charge in [0.15, 0.2) is 0 Å². The second-order valence-electron chi connectivity index (χ2n) is 3.28. The number of nitrogens with two attached hydrogens (primary N) is 1. The number of carbonyl (C=O) groups excluding carboxylic acids is 1. The predicted molar refractivity (Wildman–Crippen MR) is 66.9 cm³/mol. The standard InChI is InChI=1S/C11H15BrN2O2/c1-2-11(15)16-6-5-8-3-4-10(14-13)9(12)7-8/h3-4,7,14H,2,5-6,13H2,1H3. The van der Waals surface area contributed by atoms with Gasteiger partial charge in [0.05, 0.1) is 12.3 Å². The Balaban J connectivity index is 2.49. The molecule has 0 unspecified atom stereocenters. The van der Waals surface area contributed by atoms with Crippen molar-refractivity contribution in [1.82, 2.24) is 0 Å². The molecule has 0 aliphatic heterocycles. The van der Waals surface area contributed by atoms with E-state index in [2.05, 4.69) is 21.4 Å². The number of carbonyl (C=O) groups is 1. The topological polar surface area (TPSA) is 64.3 Å². The van der Waals surface area contributed by atoms with Crippen LogP contribution in [0.4, 0.5) is 5.69 Å². The SMILES string of the molecule is CCC(=O)OCCc1ccc(NN)c(Br)c1. The van der Waals surface area contributed by atoms with Crippen LogP contribution < -0.4 is 11.3 Å². The number of hydrogen-bond acceptors (Lipinski definition) is 4. The van der Waals surface area contributed by atoms with Gasteiger partial charge in [0, 0.05) is 17.3 Å². The van der Waals surface area contributed by atoms with Crippen LogP contribution >= 0.6 is 15.9 Å². The normalized spacial score (nSPS) is 9.94. The molecule has 5 heteroatoms. The van der Waals surface area contributed by atoms with E-state index >= 15 is 0 Å². The van der Waals surface area contributed by atoms with E-state index in [1.807, 2.05) is 18.2 Å². The number of ether oxygens (including phenoxy) is 1. The Morgan fingerprint density at radius 1 is 1.56 bits per heavy atom. The molecule has 0 atom stereocenters. The van der Waals surface area contributed by atoms with Crippen molar-refractivity contribution < 1.29 is 9.53 Å². The molecule has 0 saturated carbocycles. The molecule has 0 aliphatic carbocycles. The number of hydrogen-bond donors (Lipinski definition) is 2. The summed E-state index contributed by atoms with van der Waals surface area (Å²) in [5.74, 6) is 5.14. The van der Waals surface area contributed by atoms with Gasteiger partial charge in [0.25, 0.3) is 0 Å². The molecular formula is C11H15BrN2O2. The smallest absolute Gasteiger partial charge is 0.305 e. The number of nitrogen functional groups attached to an aromatic ring is 1. The molecule has 0 spiro atoms. The lowest BCUT2D eigenvalue weighted by atomic mass is 10.1. The Hall–Kier alpha value is -1.07. The highest BCUT2D eigenvalue weighted by Crippen LogP contribution is 2.22. The summed E-state index contributed by atoms with van der Waals surface area (Å²) in [6.07, 6.45) is 1.12. The third-order valence-electron chi connectivity index (χ3n) is 2.13. The molecule has 4 nitrogen and oxygen atoms in total. The molecule has 3 N–H and O–H groups in total. The van der Waals surface area contributed by atoms with Crippen molar-refractivity contribution in [2.45, 2.75) is 19.8 Å². The van der Waals surface area contributed by atoms with Gasteiger partial charge in [-0.05, 0) is 33.6 Å². The van der Waals surface area contributed by atoms with Crippen LogP contribution in [0.3, 0.4) is 0 Å². The Morgan fingerprint density at radius 2 is 2.31 bits per heavy atom. The van der Waals surface area contributed by atoms with Gasteiger partial charge < -0.3 is 10.2 Å². The highest BCUT2D eigenvalue weighted by atomic mass is 79.9. The van der Waals surface area contributed by atoms with Crippen molar-refractivity contribution in [2.75, 3.05) is 12.0 Å². The number of hydrazine groups is 1. The van der Waals surface area contributed by atoms with E-state index in [1.165, 1.54) is 0 Å². The van der Waals surface area contributed by atoms with E-state index in [1.54, 1.807) is 6.92 Å². The van der Waals surface area contributed by atoms with Gasteiger partial charge in [0.1, 0.15) is 0 Å². The third kappa shape index (κ3) is 3.83. The molecular weight excluding hydrogens is 272 g/mol. The number of esters is 1. The van der Waals surface area contributed by atoms with Gasteiger partial charge >= 0.3 is 5.97 Å². The first-order valence-electron chi connectivity index (χ1n) is 5.08. The molecule has 0 aliphatic rings.